The van der Waals surface area contributed by atoms with Gasteiger partial charge in [0.25, 0.3) is 0 Å². The van der Waals surface area contributed by atoms with E-state index in [2.05, 4.69) is 9.97 Å². The van der Waals surface area contributed by atoms with Crippen molar-refractivity contribution in [2.75, 3.05) is 18.0 Å². The Bertz CT molecular complexity index is 494. The molecule has 0 amide bonds. The van der Waals surface area contributed by atoms with Gasteiger partial charge < -0.3 is 10.0 Å². The molecule has 76 valence electrons. The Hall–Kier alpha value is -1.68. The van der Waals surface area contributed by atoms with Crippen LogP contribution in [0.1, 0.15) is 0 Å². The van der Waals surface area contributed by atoms with E-state index >= 15 is 0 Å². The van der Waals surface area contributed by atoms with Gasteiger partial charge in [-0.2, -0.15) is 0 Å². The van der Waals surface area contributed by atoms with Crippen molar-refractivity contribution in [1.29, 1.82) is 0 Å². The molecule has 0 unspecified atom stereocenters. The molecular weight excluding hydrogens is 190 g/mol. The Kier molecular flexibility index (Phi) is 1.82. The van der Waals surface area contributed by atoms with Gasteiger partial charge in [0, 0.05) is 24.7 Å². The standard InChI is InChI=1S/C11H11N3O/c15-9-6-14(7-9)11-12-5-8-3-1-2-4-10(8)13-11/h1-5,9,15H,6-7H2. The van der Waals surface area contributed by atoms with Gasteiger partial charge in [-0.05, 0) is 6.07 Å². The van der Waals surface area contributed by atoms with Crippen molar-refractivity contribution >= 4 is 16.9 Å². The first-order valence-corrected chi connectivity index (χ1v) is 4.98. The van der Waals surface area contributed by atoms with E-state index in [0.717, 1.165) is 10.9 Å². The van der Waals surface area contributed by atoms with Gasteiger partial charge in [0.2, 0.25) is 5.95 Å². The fourth-order valence-electron chi connectivity index (χ4n) is 1.73. The number of nitrogens with zero attached hydrogens (tertiary/aromatic N) is 3. The van der Waals surface area contributed by atoms with Crippen LogP contribution in [0, 0.1) is 0 Å². The molecule has 1 N–H and O–H groups in total. The van der Waals surface area contributed by atoms with Crippen molar-refractivity contribution in [3.05, 3.63) is 30.5 Å². The molecule has 1 aromatic carbocycles. The highest BCUT2D eigenvalue weighted by atomic mass is 16.3. The Morgan fingerprint density at radius 3 is 2.87 bits per heavy atom. The number of aliphatic hydroxyl groups excluding tert-OH is 1. The van der Waals surface area contributed by atoms with Crippen LogP contribution >= 0.6 is 0 Å². The quantitative estimate of drug-likeness (QED) is 0.741. The minimum atomic E-state index is -0.222. The fourth-order valence-corrected chi connectivity index (χ4v) is 1.73. The van der Waals surface area contributed by atoms with Gasteiger partial charge in [0.05, 0.1) is 11.6 Å². The number of aromatic nitrogens is 2. The highest BCUT2D eigenvalue weighted by Gasteiger charge is 2.26. The smallest absolute Gasteiger partial charge is 0.226 e. The summed E-state index contributed by atoms with van der Waals surface area (Å²) in [6.07, 6.45) is 1.60. The normalized spacial score (nSPS) is 16.7. The third-order valence-corrected chi connectivity index (χ3v) is 2.62. The molecule has 3 rings (SSSR count). The van der Waals surface area contributed by atoms with Gasteiger partial charge in [-0.15, -0.1) is 0 Å². The number of hydrogen-bond acceptors (Lipinski definition) is 4. The second-order valence-corrected chi connectivity index (χ2v) is 3.79. The average Bonchev–Trinajstić information content (AvgIpc) is 2.24. The molecule has 1 aromatic heterocycles. The first-order chi connectivity index (χ1) is 7.33. The zero-order valence-electron chi connectivity index (χ0n) is 8.17. The number of rotatable bonds is 1. The lowest BCUT2D eigenvalue weighted by atomic mass is 10.2. The van der Waals surface area contributed by atoms with Crippen molar-refractivity contribution in [2.24, 2.45) is 0 Å². The van der Waals surface area contributed by atoms with Crippen LogP contribution in [0.15, 0.2) is 30.5 Å². The largest absolute Gasteiger partial charge is 0.389 e. The van der Waals surface area contributed by atoms with Crippen LogP contribution in [0.25, 0.3) is 10.9 Å². The summed E-state index contributed by atoms with van der Waals surface area (Å²) in [7, 11) is 0. The third-order valence-electron chi connectivity index (χ3n) is 2.62. The topological polar surface area (TPSA) is 49.2 Å². The molecule has 1 saturated heterocycles. The number of para-hydroxylation sites is 1. The van der Waals surface area contributed by atoms with Gasteiger partial charge in [-0.3, -0.25) is 0 Å². The first-order valence-electron chi connectivity index (χ1n) is 4.98. The van der Waals surface area contributed by atoms with E-state index in [1.54, 1.807) is 0 Å². The Labute approximate surface area is 87.2 Å². The van der Waals surface area contributed by atoms with Crippen LogP contribution in [0.3, 0.4) is 0 Å². The van der Waals surface area contributed by atoms with Crippen molar-refractivity contribution in [3.63, 3.8) is 0 Å². The maximum atomic E-state index is 9.20. The van der Waals surface area contributed by atoms with E-state index in [-0.39, 0.29) is 6.10 Å². The Balaban J connectivity index is 1.99. The fraction of sp³-hybridized carbons (Fsp3) is 0.273. The van der Waals surface area contributed by atoms with Crippen molar-refractivity contribution in [1.82, 2.24) is 9.97 Å². The SMILES string of the molecule is OC1CN(c2ncc3ccccc3n2)C1. The maximum absolute atomic E-state index is 9.20. The van der Waals surface area contributed by atoms with Crippen LogP contribution in [-0.2, 0) is 0 Å². The molecule has 1 aliphatic rings. The number of fused-ring (bicyclic) bond motifs is 1. The molecule has 1 aliphatic heterocycles. The summed E-state index contributed by atoms with van der Waals surface area (Å²) in [4.78, 5) is 10.7. The molecule has 0 radical (unpaired) electrons. The molecule has 4 heteroatoms. The molecule has 4 nitrogen and oxygen atoms in total. The first kappa shape index (κ1) is 8.61. The molecular formula is C11H11N3O. The van der Waals surface area contributed by atoms with Crippen LogP contribution in [0.4, 0.5) is 5.95 Å². The number of β-amino-alcohol motifs (C(OH)–C–C–N with tert-alkyl or cyclic N) is 1. The van der Waals surface area contributed by atoms with Crippen molar-refractivity contribution in [2.45, 2.75) is 6.10 Å². The zero-order valence-corrected chi connectivity index (χ0v) is 8.17. The molecule has 1 fully saturated rings. The van der Waals surface area contributed by atoms with Crippen LogP contribution in [-0.4, -0.2) is 34.3 Å². The highest BCUT2D eigenvalue weighted by Crippen LogP contribution is 2.18. The van der Waals surface area contributed by atoms with Gasteiger partial charge >= 0.3 is 0 Å². The van der Waals surface area contributed by atoms with E-state index in [0.29, 0.717) is 19.0 Å². The predicted molar refractivity (Wildman–Crippen MR) is 57.8 cm³/mol. The van der Waals surface area contributed by atoms with Crippen LogP contribution in [0.5, 0.6) is 0 Å². The third kappa shape index (κ3) is 1.43. The lowest BCUT2D eigenvalue weighted by molar-refractivity contribution is 0.140. The minimum Gasteiger partial charge on any atom is -0.389 e. The van der Waals surface area contributed by atoms with Gasteiger partial charge in [0.1, 0.15) is 0 Å². The summed E-state index contributed by atoms with van der Waals surface area (Å²) < 4.78 is 0. The lowest BCUT2D eigenvalue weighted by Crippen LogP contribution is -2.51. The summed E-state index contributed by atoms with van der Waals surface area (Å²) in [5, 5.41) is 10.2. The molecule has 0 aliphatic carbocycles. The van der Waals surface area contributed by atoms with Crippen LogP contribution in [0.2, 0.25) is 0 Å². The van der Waals surface area contributed by atoms with Crippen molar-refractivity contribution < 1.29 is 5.11 Å². The number of hydrogen-bond donors (Lipinski definition) is 1. The monoisotopic (exact) mass is 201 g/mol. The summed E-state index contributed by atoms with van der Waals surface area (Å²) in [5.41, 5.74) is 0.948. The number of aliphatic hydroxyl groups is 1. The van der Waals surface area contributed by atoms with Gasteiger partial charge in [-0.1, -0.05) is 18.2 Å². The molecule has 15 heavy (non-hydrogen) atoms. The van der Waals surface area contributed by atoms with E-state index in [4.69, 9.17) is 0 Å². The lowest BCUT2D eigenvalue weighted by Gasteiger charge is -2.35. The highest BCUT2D eigenvalue weighted by molar-refractivity contribution is 5.78. The molecule has 0 spiro atoms. The molecule has 2 heterocycles. The van der Waals surface area contributed by atoms with E-state index in [1.165, 1.54) is 0 Å². The Morgan fingerprint density at radius 2 is 2.07 bits per heavy atom. The second kappa shape index (κ2) is 3.17. The average molecular weight is 201 g/mol. The van der Waals surface area contributed by atoms with E-state index in [1.807, 2.05) is 35.4 Å². The summed E-state index contributed by atoms with van der Waals surface area (Å²) >= 11 is 0. The number of benzene rings is 1. The van der Waals surface area contributed by atoms with E-state index < -0.39 is 0 Å². The zero-order chi connectivity index (χ0) is 10.3. The summed E-state index contributed by atoms with van der Waals surface area (Å²) in [6, 6.07) is 7.89. The summed E-state index contributed by atoms with van der Waals surface area (Å²) in [6.45, 7) is 1.27. The number of anilines is 1. The molecule has 2 aromatic rings. The van der Waals surface area contributed by atoms with Gasteiger partial charge in [-0.25, -0.2) is 9.97 Å². The summed E-state index contributed by atoms with van der Waals surface area (Å²) in [5.74, 6) is 0.707. The van der Waals surface area contributed by atoms with Crippen LogP contribution < -0.4 is 4.90 Å². The minimum absolute atomic E-state index is 0.222. The molecule has 0 atom stereocenters. The van der Waals surface area contributed by atoms with E-state index in [9.17, 15) is 5.11 Å². The molecule has 0 bridgehead atoms. The Morgan fingerprint density at radius 1 is 1.27 bits per heavy atom. The predicted octanol–water partition coefficient (Wildman–Crippen LogP) is 0.811. The van der Waals surface area contributed by atoms with Gasteiger partial charge in [0.15, 0.2) is 0 Å². The second-order valence-electron chi connectivity index (χ2n) is 3.79. The molecule has 0 saturated carbocycles. The maximum Gasteiger partial charge on any atom is 0.226 e. The van der Waals surface area contributed by atoms with Crippen molar-refractivity contribution in [3.8, 4) is 0 Å².